The number of hydrogen-bond donors (Lipinski definition) is 2. The minimum absolute atomic E-state index is 0.00826. The minimum Gasteiger partial charge on any atom is -0.350 e. The summed E-state index contributed by atoms with van der Waals surface area (Å²) >= 11 is 6.08. The van der Waals surface area contributed by atoms with Gasteiger partial charge in [-0.3, -0.25) is 9.52 Å². The normalized spacial score (nSPS) is 12.5. The third-order valence-corrected chi connectivity index (χ3v) is 5.75. The lowest BCUT2D eigenvalue weighted by Gasteiger charge is -2.14. The zero-order chi connectivity index (χ0) is 19.3. The van der Waals surface area contributed by atoms with Crippen molar-refractivity contribution in [3.8, 4) is 0 Å². The van der Waals surface area contributed by atoms with E-state index in [9.17, 15) is 13.2 Å². The third-order valence-electron chi connectivity index (χ3n) is 3.89. The van der Waals surface area contributed by atoms with E-state index in [1.807, 2.05) is 20.8 Å². The number of hydrogen-bond acceptors (Lipinski definition) is 3. The van der Waals surface area contributed by atoms with E-state index in [0.29, 0.717) is 5.69 Å². The highest BCUT2D eigenvalue weighted by molar-refractivity contribution is 7.92. The molecule has 0 aliphatic rings. The molecule has 1 amide bonds. The summed E-state index contributed by atoms with van der Waals surface area (Å²) in [5.41, 5.74) is 1.70. The van der Waals surface area contributed by atoms with Crippen molar-refractivity contribution in [2.75, 3.05) is 4.72 Å². The second-order valence-electron chi connectivity index (χ2n) is 6.28. The smallest absolute Gasteiger partial charge is 0.263 e. The van der Waals surface area contributed by atoms with E-state index < -0.39 is 10.0 Å². The highest BCUT2D eigenvalue weighted by Crippen LogP contribution is 2.25. The highest BCUT2D eigenvalue weighted by Gasteiger charge is 2.21. The van der Waals surface area contributed by atoms with Crippen molar-refractivity contribution in [2.45, 2.75) is 44.6 Å². The molecule has 2 N–H and O–H groups in total. The molecule has 2 aromatic carbocycles. The molecule has 0 saturated carbocycles. The molecular formula is C19H23ClN2O3S. The Labute approximate surface area is 159 Å². The maximum atomic E-state index is 12.7. The van der Waals surface area contributed by atoms with Crippen LogP contribution in [0.5, 0.6) is 0 Å². The summed E-state index contributed by atoms with van der Waals surface area (Å²) in [6.07, 6.45) is 1.79. The van der Waals surface area contributed by atoms with Crippen LogP contribution in [0.3, 0.4) is 0 Å². The molecule has 0 spiro atoms. The fourth-order valence-electron chi connectivity index (χ4n) is 2.49. The molecule has 0 fully saturated rings. The second kappa shape index (κ2) is 8.56. The van der Waals surface area contributed by atoms with Crippen molar-refractivity contribution in [1.29, 1.82) is 0 Å². The molecule has 0 aromatic heterocycles. The van der Waals surface area contributed by atoms with Gasteiger partial charge in [0.25, 0.3) is 15.9 Å². The maximum Gasteiger partial charge on any atom is 0.263 e. The zero-order valence-electron chi connectivity index (χ0n) is 15.0. The van der Waals surface area contributed by atoms with Crippen LogP contribution in [0.4, 0.5) is 5.69 Å². The van der Waals surface area contributed by atoms with Gasteiger partial charge in [-0.05, 0) is 50.6 Å². The number of anilines is 1. The minimum atomic E-state index is -3.91. The van der Waals surface area contributed by atoms with Crippen LogP contribution in [0.15, 0.2) is 47.4 Å². The monoisotopic (exact) mass is 394 g/mol. The fourth-order valence-corrected chi connectivity index (χ4v) is 4.08. The van der Waals surface area contributed by atoms with Crippen LogP contribution in [0.1, 0.15) is 42.6 Å². The van der Waals surface area contributed by atoms with E-state index in [2.05, 4.69) is 10.0 Å². The quantitative estimate of drug-likeness (QED) is 0.732. The number of rotatable bonds is 7. The van der Waals surface area contributed by atoms with Crippen LogP contribution in [0, 0.1) is 6.92 Å². The number of halogens is 1. The van der Waals surface area contributed by atoms with Crippen molar-refractivity contribution < 1.29 is 13.2 Å². The van der Waals surface area contributed by atoms with Gasteiger partial charge in [0, 0.05) is 17.3 Å². The van der Waals surface area contributed by atoms with E-state index in [4.69, 9.17) is 11.6 Å². The summed E-state index contributed by atoms with van der Waals surface area (Å²) in [6.45, 7) is 5.86. The molecular weight excluding hydrogens is 372 g/mol. The average Bonchev–Trinajstić information content (AvgIpc) is 2.57. The molecule has 1 atom stereocenters. The number of carbonyl (C=O) groups excluding carboxylic acids is 1. The Hall–Kier alpha value is -2.05. The Kier molecular flexibility index (Phi) is 6.67. The van der Waals surface area contributed by atoms with Crippen LogP contribution in [0.2, 0.25) is 5.02 Å². The number of benzene rings is 2. The highest BCUT2D eigenvalue weighted by atomic mass is 35.5. The molecule has 0 unspecified atom stereocenters. The zero-order valence-corrected chi connectivity index (χ0v) is 16.6. The Balaban J connectivity index is 2.27. The van der Waals surface area contributed by atoms with Crippen LogP contribution in [-0.2, 0) is 10.0 Å². The Morgan fingerprint density at radius 3 is 2.42 bits per heavy atom. The van der Waals surface area contributed by atoms with E-state index in [1.54, 1.807) is 24.3 Å². The van der Waals surface area contributed by atoms with E-state index in [1.165, 1.54) is 18.2 Å². The van der Waals surface area contributed by atoms with Crippen LogP contribution < -0.4 is 10.0 Å². The fraction of sp³-hybridized carbons (Fsp3) is 0.316. The standard InChI is InChI=1S/C19H23ClN2O3S/c1-4-5-14(3)21-19(23)15-8-11-17(20)18(12-15)26(24,25)22-16-9-6-13(2)7-10-16/h6-12,14,22H,4-5H2,1-3H3,(H,21,23)/t14-/m0/s1. The molecule has 26 heavy (non-hydrogen) atoms. The molecule has 5 nitrogen and oxygen atoms in total. The average molecular weight is 395 g/mol. The van der Waals surface area contributed by atoms with Gasteiger partial charge in [-0.15, -0.1) is 0 Å². The Bertz CT molecular complexity index is 880. The predicted octanol–water partition coefficient (Wildman–Crippen LogP) is 4.37. The lowest BCUT2D eigenvalue weighted by atomic mass is 10.1. The van der Waals surface area contributed by atoms with Gasteiger partial charge in [0.1, 0.15) is 4.90 Å². The largest absolute Gasteiger partial charge is 0.350 e. The number of carbonyl (C=O) groups is 1. The van der Waals surface area contributed by atoms with Crippen LogP contribution in [0.25, 0.3) is 0 Å². The lowest BCUT2D eigenvalue weighted by Crippen LogP contribution is -2.32. The van der Waals surface area contributed by atoms with Crippen molar-refractivity contribution in [2.24, 2.45) is 0 Å². The molecule has 0 bridgehead atoms. The van der Waals surface area contributed by atoms with Gasteiger partial charge in [0.05, 0.1) is 5.02 Å². The first-order chi connectivity index (χ1) is 12.2. The molecule has 140 valence electrons. The molecule has 0 saturated heterocycles. The molecule has 0 aliphatic carbocycles. The Morgan fingerprint density at radius 1 is 1.15 bits per heavy atom. The van der Waals surface area contributed by atoms with E-state index in [0.717, 1.165) is 18.4 Å². The molecule has 2 aromatic rings. The third kappa shape index (κ3) is 5.22. The van der Waals surface area contributed by atoms with Crippen LogP contribution >= 0.6 is 11.6 Å². The van der Waals surface area contributed by atoms with Crippen molar-refractivity contribution in [3.05, 3.63) is 58.6 Å². The van der Waals surface area contributed by atoms with E-state index in [-0.39, 0.29) is 27.4 Å². The van der Waals surface area contributed by atoms with Gasteiger partial charge >= 0.3 is 0 Å². The number of nitrogens with one attached hydrogen (secondary N) is 2. The van der Waals surface area contributed by atoms with Gasteiger partial charge in [-0.1, -0.05) is 42.6 Å². The van der Waals surface area contributed by atoms with Gasteiger partial charge in [0.15, 0.2) is 0 Å². The van der Waals surface area contributed by atoms with Crippen LogP contribution in [-0.4, -0.2) is 20.4 Å². The maximum absolute atomic E-state index is 12.7. The summed E-state index contributed by atoms with van der Waals surface area (Å²) in [6, 6.07) is 11.2. The summed E-state index contributed by atoms with van der Waals surface area (Å²) in [5, 5.41) is 2.91. The van der Waals surface area contributed by atoms with Crippen molar-refractivity contribution >= 4 is 33.2 Å². The number of sulfonamides is 1. The summed E-state index contributed by atoms with van der Waals surface area (Å²) < 4.78 is 27.8. The molecule has 0 radical (unpaired) electrons. The topological polar surface area (TPSA) is 75.3 Å². The van der Waals surface area contributed by atoms with Gasteiger partial charge in [0.2, 0.25) is 0 Å². The van der Waals surface area contributed by atoms with Gasteiger partial charge < -0.3 is 5.32 Å². The SMILES string of the molecule is CCC[C@H](C)NC(=O)c1ccc(Cl)c(S(=O)(=O)Nc2ccc(C)cc2)c1. The van der Waals surface area contributed by atoms with E-state index >= 15 is 0 Å². The summed E-state index contributed by atoms with van der Waals surface area (Å²) in [7, 11) is -3.91. The van der Waals surface area contributed by atoms with Gasteiger partial charge in [-0.25, -0.2) is 8.42 Å². The lowest BCUT2D eigenvalue weighted by molar-refractivity contribution is 0.0938. The molecule has 0 aliphatic heterocycles. The predicted molar refractivity (Wildman–Crippen MR) is 105 cm³/mol. The summed E-state index contributed by atoms with van der Waals surface area (Å²) in [4.78, 5) is 12.2. The van der Waals surface area contributed by atoms with Gasteiger partial charge in [-0.2, -0.15) is 0 Å². The first kappa shape index (κ1) is 20.3. The number of aryl methyl sites for hydroxylation is 1. The van der Waals surface area contributed by atoms with Crippen molar-refractivity contribution in [3.63, 3.8) is 0 Å². The molecule has 0 heterocycles. The Morgan fingerprint density at radius 2 is 1.81 bits per heavy atom. The first-order valence-electron chi connectivity index (χ1n) is 8.43. The molecule has 2 rings (SSSR count). The number of amides is 1. The molecule has 7 heteroatoms. The first-order valence-corrected chi connectivity index (χ1v) is 10.3. The second-order valence-corrected chi connectivity index (χ2v) is 8.34. The summed E-state index contributed by atoms with van der Waals surface area (Å²) in [5.74, 6) is -0.325. The van der Waals surface area contributed by atoms with Crippen molar-refractivity contribution in [1.82, 2.24) is 5.32 Å².